The summed E-state index contributed by atoms with van der Waals surface area (Å²) in [6, 6.07) is 22.4. The maximum atomic E-state index is 12.7. The van der Waals surface area contributed by atoms with Crippen molar-refractivity contribution in [3.8, 4) is 5.69 Å². The molecule has 0 aliphatic heterocycles. The lowest BCUT2D eigenvalue weighted by Crippen LogP contribution is -2.34. The standard InChI is InChI=1S/C24H28N4O/c1-17(2)24(19-9-5-3-6-10-19)25-16-23(29)26-22-15-21(18-13-14-18)27-28(22)20-11-7-4-8-12-20/h3-12,15,17-18,24-25H,13-14,16H2,1-2H3,(H,26,29)/t24-/m1/s1. The molecule has 5 nitrogen and oxygen atoms in total. The molecule has 1 aromatic heterocycles. The van der Waals surface area contributed by atoms with Gasteiger partial charge in [-0.25, -0.2) is 4.68 Å². The molecule has 1 aliphatic rings. The van der Waals surface area contributed by atoms with Crippen molar-refractivity contribution in [1.29, 1.82) is 0 Å². The number of rotatable bonds is 8. The molecule has 0 saturated heterocycles. The summed E-state index contributed by atoms with van der Waals surface area (Å²) in [7, 11) is 0. The second-order valence-corrected chi connectivity index (χ2v) is 8.04. The van der Waals surface area contributed by atoms with Gasteiger partial charge in [0.2, 0.25) is 5.91 Å². The molecule has 1 atom stereocenters. The Morgan fingerprint density at radius 2 is 1.72 bits per heavy atom. The summed E-state index contributed by atoms with van der Waals surface area (Å²) in [5, 5.41) is 11.2. The van der Waals surface area contributed by atoms with Gasteiger partial charge in [0.05, 0.1) is 17.9 Å². The van der Waals surface area contributed by atoms with Crippen molar-refractivity contribution in [3.63, 3.8) is 0 Å². The van der Waals surface area contributed by atoms with E-state index in [1.165, 1.54) is 18.4 Å². The van der Waals surface area contributed by atoms with E-state index in [1.54, 1.807) is 0 Å². The fourth-order valence-electron chi connectivity index (χ4n) is 3.62. The third-order valence-corrected chi connectivity index (χ3v) is 5.30. The second-order valence-electron chi connectivity index (χ2n) is 8.04. The molecule has 0 spiro atoms. The molecule has 1 heterocycles. The van der Waals surface area contributed by atoms with Gasteiger partial charge in [0.1, 0.15) is 5.82 Å². The summed E-state index contributed by atoms with van der Waals surface area (Å²) in [5.74, 6) is 1.57. The smallest absolute Gasteiger partial charge is 0.239 e. The Bertz CT molecular complexity index is 946. The van der Waals surface area contributed by atoms with Gasteiger partial charge in [-0.05, 0) is 36.5 Å². The number of hydrogen-bond donors (Lipinski definition) is 2. The third-order valence-electron chi connectivity index (χ3n) is 5.30. The molecule has 1 amide bonds. The van der Waals surface area contributed by atoms with Gasteiger partial charge in [-0.15, -0.1) is 0 Å². The maximum Gasteiger partial charge on any atom is 0.239 e. The molecule has 4 rings (SSSR count). The summed E-state index contributed by atoms with van der Waals surface area (Å²) < 4.78 is 1.84. The quantitative estimate of drug-likeness (QED) is 0.589. The number of nitrogens with one attached hydrogen (secondary N) is 2. The first kappa shape index (κ1) is 19.4. The Hall–Kier alpha value is -2.92. The molecule has 2 aromatic carbocycles. The Kier molecular flexibility index (Phi) is 5.76. The van der Waals surface area contributed by atoms with Crippen molar-refractivity contribution in [3.05, 3.63) is 78.0 Å². The summed E-state index contributed by atoms with van der Waals surface area (Å²) in [6.45, 7) is 4.57. The van der Waals surface area contributed by atoms with Crippen LogP contribution in [0.3, 0.4) is 0 Å². The van der Waals surface area contributed by atoms with Crippen LogP contribution in [0.2, 0.25) is 0 Å². The second kappa shape index (κ2) is 8.62. The van der Waals surface area contributed by atoms with Gasteiger partial charge in [0, 0.05) is 18.0 Å². The molecule has 150 valence electrons. The van der Waals surface area contributed by atoms with E-state index in [1.807, 2.05) is 59.3 Å². The Labute approximate surface area is 172 Å². The van der Waals surface area contributed by atoms with Crippen molar-refractivity contribution >= 4 is 11.7 Å². The van der Waals surface area contributed by atoms with Crippen LogP contribution < -0.4 is 10.6 Å². The zero-order valence-corrected chi connectivity index (χ0v) is 17.0. The van der Waals surface area contributed by atoms with E-state index in [0.717, 1.165) is 17.2 Å². The highest BCUT2D eigenvalue weighted by Gasteiger charge is 2.28. The molecule has 5 heteroatoms. The molecule has 1 aliphatic carbocycles. The number of nitrogens with zero attached hydrogens (tertiary/aromatic N) is 2. The summed E-state index contributed by atoms with van der Waals surface area (Å²) in [4.78, 5) is 12.7. The lowest BCUT2D eigenvalue weighted by molar-refractivity contribution is -0.115. The number of para-hydroxylation sites is 1. The normalized spacial score (nSPS) is 14.7. The SMILES string of the molecule is CC(C)[C@@H](NCC(=O)Nc1cc(C2CC2)nn1-c1ccccc1)c1ccccc1. The number of benzene rings is 2. The van der Waals surface area contributed by atoms with Gasteiger partial charge in [-0.3, -0.25) is 4.79 Å². The van der Waals surface area contributed by atoms with Gasteiger partial charge < -0.3 is 10.6 Å². The first-order valence-corrected chi connectivity index (χ1v) is 10.4. The van der Waals surface area contributed by atoms with Crippen molar-refractivity contribution < 1.29 is 4.79 Å². The first-order valence-electron chi connectivity index (χ1n) is 10.4. The topological polar surface area (TPSA) is 59.0 Å². The molecular weight excluding hydrogens is 360 g/mol. The number of carbonyl (C=O) groups is 1. The summed E-state index contributed by atoms with van der Waals surface area (Å²) in [6.07, 6.45) is 2.35. The van der Waals surface area contributed by atoms with E-state index in [-0.39, 0.29) is 18.5 Å². The fraction of sp³-hybridized carbons (Fsp3) is 0.333. The van der Waals surface area contributed by atoms with Crippen LogP contribution >= 0.6 is 0 Å². The maximum absolute atomic E-state index is 12.7. The van der Waals surface area contributed by atoms with Gasteiger partial charge in [-0.1, -0.05) is 62.4 Å². The average molecular weight is 389 g/mol. The van der Waals surface area contributed by atoms with Crippen LogP contribution in [-0.4, -0.2) is 22.2 Å². The van der Waals surface area contributed by atoms with Crippen LogP contribution in [0, 0.1) is 5.92 Å². The average Bonchev–Trinajstić information content (AvgIpc) is 3.50. The van der Waals surface area contributed by atoms with Crippen LogP contribution in [0.15, 0.2) is 66.7 Å². The number of hydrogen-bond acceptors (Lipinski definition) is 3. The molecule has 29 heavy (non-hydrogen) atoms. The van der Waals surface area contributed by atoms with Crippen molar-refractivity contribution in [1.82, 2.24) is 15.1 Å². The lowest BCUT2D eigenvalue weighted by Gasteiger charge is -2.22. The number of anilines is 1. The van der Waals surface area contributed by atoms with Crippen LogP contribution in [0.1, 0.15) is 49.9 Å². The first-order chi connectivity index (χ1) is 14.1. The van der Waals surface area contributed by atoms with Crippen molar-refractivity contribution in [2.75, 3.05) is 11.9 Å². The van der Waals surface area contributed by atoms with E-state index in [4.69, 9.17) is 5.10 Å². The molecule has 2 N–H and O–H groups in total. The van der Waals surface area contributed by atoms with Crippen LogP contribution in [0.25, 0.3) is 5.69 Å². The van der Waals surface area contributed by atoms with E-state index in [2.05, 4.69) is 36.6 Å². The monoisotopic (exact) mass is 388 g/mol. The minimum absolute atomic E-state index is 0.0639. The van der Waals surface area contributed by atoms with Crippen molar-refractivity contribution in [2.24, 2.45) is 5.92 Å². The zero-order valence-electron chi connectivity index (χ0n) is 17.0. The summed E-state index contributed by atoms with van der Waals surface area (Å²) >= 11 is 0. The number of carbonyl (C=O) groups excluding carboxylic acids is 1. The predicted molar refractivity (Wildman–Crippen MR) is 116 cm³/mol. The lowest BCUT2D eigenvalue weighted by atomic mass is 9.96. The minimum Gasteiger partial charge on any atom is -0.309 e. The van der Waals surface area contributed by atoms with Gasteiger partial charge >= 0.3 is 0 Å². The van der Waals surface area contributed by atoms with E-state index in [9.17, 15) is 4.79 Å². The Morgan fingerprint density at radius 1 is 1.07 bits per heavy atom. The van der Waals surface area contributed by atoms with E-state index < -0.39 is 0 Å². The highest BCUT2D eigenvalue weighted by molar-refractivity contribution is 5.91. The highest BCUT2D eigenvalue weighted by atomic mass is 16.2. The number of aromatic nitrogens is 2. The van der Waals surface area contributed by atoms with Crippen LogP contribution in [0.4, 0.5) is 5.82 Å². The van der Waals surface area contributed by atoms with Crippen LogP contribution in [0.5, 0.6) is 0 Å². The van der Waals surface area contributed by atoms with E-state index >= 15 is 0 Å². The van der Waals surface area contributed by atoms with Gasteiger partial charge in [-0.2, -0.15) is 5.10 Å². The summed E-state index contributed by atoms with van der Waals surface area (Å²) in [5.41, 5.74) is 3.20. The molecule has 0 unspecified atom stereocenters. The molecule has 3 aromatic rings. The fourth-order valence-corrected chi connectivity index (χ4v) is 3.62. The molecule has 0 radical (unpaired) electrons. The van der Waals surface area contributed by atoms with Gasteiger partial charge in [0.15, 0.2) is 0 Å². The van der Waals surface area contributed by atoms with Gasteiger partial charge in [0.25, 0.3) is 0 Å². The van der Waals surface area contributed by atoms with Crippen LogP contribution in [-0.2, 0) is 4.79 Å². The van der Waals surface area contributed by atoms with Crippen molar-refractivity contribution in [2.45, 2.75) is 38.6 Å². The largest absolute Gasteiger partial charge is 0.309 e. The zero-order chi connectivity index (χ0) is 20.2. The highest BCUT2D eigenvalue weighted by Crippen LogP contribution is 2.40. The third kappa shape index (κ3) is 4.74. The van der Waals surface area contributed by atoms with E-state index in [0.29, 0.717) is 11.8 Å². The number of amides is 1. The molecule has 1 fully saturated rings. The molecule has 1 saturated carbocycles. The Morgan fingerprint density at radius 3 is 2.34 bits per heavy atom. The molecular formula is C24H28N4O. The molecule has 0 bridgehead atoms. The Balaban J connectivity index is 1.47. The predicted octanol–water partition coefficient (Wildman–Crippen LogP) is 4.68. The minimum atomic E-state index is -0.0639.